The minimum Gasteiger partial charge on any atom is -0.0613 e. The third kappa shape index (κ3) is 2.17. The third-order valence-corrected chi connectivity index (χ3v) is 2.90. The van der Waals surface area contributed by atoms with Crippen LogP contribution in [0.4, 0.5) is 0 Å². The monoisotopic (exact) mass is 189 g/mol. The molecule has 0 nitrogen and oxygen atoms in total. The van der Waals surface area contributed by atoms with Crippen LogP contribution >= 0.6 is 0 Å². The van der Waals surface area contributed by atoms with Gasteiger partial charge in [-0.3, -0.25) is 0 Å². The Balaban J connectivity index is 3.24. The molecule has 0 aromatic heterocycles. The van der Waals surface area contributed by atoms with E-state index in [1.54, 1.807) is 5.56 Å². The average Bonchev–Trinajstić information content (AvgIpc) is 2.26. The standard InChI is InChI=1S/C14H21/c1-5-11-9-12(6-2)14(8-4)13(7-3)10-11/h9-10H,1,5-8H2,2-4H3. The van der Waals surface area contributed by atoms with Crippen molar-refractivity contribution in [2.45, 2.75) is 46.5 Å². The summed E-state index contributed by atoms with van der Waals surface area (Å²) in [5.41, 5.74) is 5.99. The highest BCUT2D eigenvalue weighted by Gasteiger charge is 2.06. The van der Waals surface area contributed by atoms with Crippen LogP contribution in [0, 0.1) is 6.92 Å². The lowest BCUT2D eigenvalue weighted by molar-refractivity contribution is 0.969. The lowest BCUT2D eigenvalue weighted by Crippen LogP contribution is -2.00. The predicted octanol–water partition coefficient (Wildman–Crippen LogP) is 3.75. The van der Waals surface area contributed by atoms with Gasteiger partial charge in [-0.15, -0.1) is 0 Å². The minimum atomic E-state index is 0.907. The normalized spacial score (nSPS) is 10.6. The highest BCUT2D eigenvalue weighted by atomic mass is 14.1. The van der Waals surface area contributed by atoms with Crippen molar-refractivity contribution in [2.24, 2.45) is 0 Å². The Morgan fingerprint density at radius 3 is 1.71 bits per heavy atom. The van der Waals surface area contributed by atoms with Crippen LogP contribution in [0.1, 0.15) is 43.0 Å². The summed E-state index contributed by atoms with van der Waals surface area (Å²) in [6.07, 6.45) is 4.35. The van der Waals surface area contributed by atoms with E-state index in [9.17, 15) is 0 Å². The van der Waals surface area contributed by atoms with Crippen LogP contribution in [0.5, 0.6) is 0 Å². The van der Waals surface area contributed by atoms with Gasteiger partial charge in [0.05, 0.1) is 0 Å². The molecule has 0 aliphatic carbocycles. The Bertz CT molecular complexity index is 272. The van der Waals surface area contributed by atoms with E-state index in [-0.39, 0.29) is 0 Å². The lowest BCUT2D eigenvalue weighted by Gasteiger charge is -2.13. The van der Waals surface area contributed by atoms with Crippen molar-refractivity contribution in [3.05, 3.63) is 41.3 Å². The molecule has 0 N–H and O–H groups in total. The molecule has 0 bridgehead atoms. The van der Waals surface area contributed by atoms with Crippen molar-refractivity contribution in [1.82, 2.24) is 0 Å². The third-order valence-electron chi connectivity index (χ3n) is 2.90. The summed E-state index contributed by atoms with van der Waals surface area (Å²) in [6.45, 7) is 10.7. The van der Waals surface area contributed by atoms with Gasteiger partial charge < -0.3 is 0 Å². The van der Waals surface area contributed by atoms with E-state index < -0.39 is 0 Å². The van der Waals surface area contributed by atoms with Crippen molar-refractivity contribution >= 4 is 0 Å². The molecule has 0 atom stereocenters. The molecule has 14 heavy (non-hydrogen) atoms. The van der Waals surface area contributed by atoms with E-state index >= 15 is 0 Å². The molecule has 0 saturated carbocycles. The van der Waals surface area contributed by atoms with Crippen LogP contribution in [-0.2, 0) is 25.7 Å². The minimum absolute atomic E-state index is 0.907. The van der Waals surface area contributed by atoms with E-state index in [2.05, 4.69) is 39.8 Å². The fourth-order valence-electron chi connectivity index (χ4n) is 2.10. The Morgan fingerprint density at radius 2 is 1.43 bits per heavy atom. The zero-order valence-electron chi connectivity index (χ0n) is 9.69. The fraction of sp³-hybridized carbons (Fsp3) is 0.500. The number of hydrogen-bond acceptors (Lipinski definition) is 0. The molecule has 1 aromatic carbocycles. The summed E-state index contributed by atoms with van der Waals surface area (Å²) < 4.78 is 0. The molecule has 0 heterocycles. The number of rotatable bonds is 4. The van der Waals surface area contributed by atoms with Gasteiger partial charge in [0.25, 0.3) is 0 Å². The zero-order chi connectivity index (χ0) is 10.6. The molecule has 0 aliphatic rings. The van der Waals surface area contributed by atoms with Crippen molar-refractivity contribution < 1.29 is 0 Å². The van der Waals surface area contributed by atoms with E-state index in [0.717, 1.165) is 25.7 Å². The van der Waals surface area contributed by atoms with E-state index in [0.29, 0.717) is 0 Å². The molecule has 0 saturated heterocycles. The molecule has 0 unspecified atom stereocenters. The van der Waals surface area contributed by atoms with Crippen molar-refractivity contribution in [3.8, 4) is 0 Å². The number of aryl methyl sites for hydroxylation is 2. The summed E-state index contributed by atoms with van der Waals surface area (Å²) in [5, 5.41) is 0. The second-order valence-electron chi connectivity index (χ2n) is 3.70. The summed E-state index contributed by atoms with van der Waals surface area (Å²) in [7, 11) is 0. The van der Waals surface area contributed by atoms with Crippen LogP contribution in [-0.4, -0.2) is 0 Å². The number of benzene rings is 1. The fourth-order valence-corrected chi connectivity index (χ4v) is 2.10. The first-order chi connectivity index (χ1) is 6.76. The topological polar surface area (TPSA) is 0 Å². The molecule has 0 amide bonds. The molecule has 0 aliphatic heterocycles. The first-order valence-corrected chi connectivity index (χ1v) is 5.69. The Hall–Kier alpha value is -0.780. The van der Waals surface area contributed by atoms with Gasteiger partial charge in [0, 0.05) is 0 Å². The summed E-state index contributed by atoms with van der Waals surface area (Å²) in [5.74, 6) is 0. The van der Waals surface area contributed by atoms with Crippen LogP contribution < -0.4 is 0 Å². The van der Waals surface area contributed by atoms with Crippen LogP contribution in [0.15, 0.2) is 12.1 Å². The first kappa shape index (κ1) is 11.3. The van der Waals surface area contributed by atoms with E-state index in [4.69, 9.17) is 0 Å². The zero-order valence-corrected chi connectivity index (χ0v) is 9.69. The van der Waals surface area contributed by atoms with Gasteiger partial charge in [0.15, 0.2) is 0 Å². The molecular formula is C14H21. The number of hydrogen-bond donors (Lipinski definition) is 0. The van der Waals surface area contributed by atoms with Gasteiger partial charge in [-0.1, -0.05) is 32.9 Å². The van der Waals surface area contributed by atoms with Crippen LogP contribution in [0.25, 0.3) is 0 Å². The van der Waals surface area contributed by atoms with Crippen molar-refractivity contribution in [2.75, 3.05) is 0 Å². The Labute approximate surface area is 88.4 Å². The SMILES string of the molecule is [CH2]Cc1cc(CC)c(CC)c(CC)c1. The van der Waals surface area contributed by atoms with Gasteiger partial charge in [0.1, 0.15) is 0 Å². The van der Waals surface area contributed by atoms with Gasteiger partial charge in [-0.2, -0.15) is 0 Å². The second-order valence-corrected chi connectivity index (χ2v) is 3.70. The smallest absolute Gasteiger partial charge is 0.0279 e. The lowest BCUT2D eigenvalue weighted by atomic mass is 9.92. The molecule has 0 heteroatoms. The summed E-state index contributed by atoms with van der Waals surface area (Å²) in [6, 6.07) is 4.65. The quantitative estimate of drug-likeness (QED) is 0.676. The van der Waals surface area contributed by atoms with E-state index in [1.807, 2.05) is 0 Å². The maximum atomic E-state index is 3.96. The maximum Gasteiger partial charge on any atom is -0.0279 e. The van der Waals surface area contributed by atoms with Gasteiger partial charge >= 0.3 is 0 Å². The summed E-state index contributed by atoms with van der Waals surface area (Å²) in [4.78, 5) is 0. The maximum absolute atomic E-state index is 3.96. The van der Waals surface area contributed by atoms with Gasteiger partial charge in [-0.05, 0) is 54.9 Å². The molecule has 77 valence electrons. The molecule has 1 radical (unpaired) electrons. The molecule has 1 aromatic rings. The first-order valence-electron chi connectivity index (χ1n) is 5.69. The van der Waals surface area contributed by atoms with Crippen molar-refractivity contribution in [1.29, 1.82) is 0 Å². The molecule has 0 spiro atoms. The van der Waals surface area contributed by atoms with Crippen LogP contribution in [0.2, 0.25) is 0 Å². The average molecular weight is 189 g/mol. The predicted molar refractivity (Wildman–Crippen MR) is 63.6 cm³/mol. The Kier molecular flexibility index (Phi) is 4.19. The largest absolute Gasteiger partial charge is 0.0613 e. The molecular weight excluding hydrogens is 168 g/mol. The van der Waals surface area contributed by atoms with E-state index in [1.165, 1.54) is 16.7 Å². The summed E-state index contributed by atoms with van der Waals surface area (Å²) >= 11 is 0. The van der Waals surface area contributed by atoms with Gasteiger partial charge in [0.2, 0.25) is 0 Å². The highest BCUT2D eigenvalue weighted by Crippen LogP contribution is 2.20. The van der Waals surface area contributed by atoms with Crippen LogP contribution in [0.3, 0.4) is 0 Å². The Morgan fingerprint density at radius 1 is 0.929 bits per heavy atom. The molecule has 1 rings (SSSR count). The van der Waals surface area contributed by atoms with Crippen molar-refractivity contribution in [3.63, 3.8) is 0 Å². The molecule has 0 fully saturated rings. The van der Waals surface area contributed by atoms with Gasteiger partial charge in [-0.25, -0.2) is 0 Å². The highest BCUT2D eigenvalue weighted by molar-refractivity contribution is 5.39. The second kappa shape index (κ2) is 5.19.